The second-order valence-corrected chi connectivity index (χ2v) is 4.48. The number of aromatic carboxylic acids is 1. The second kappa shape index (κ2) is 5.16. The molecule has 0 radical (unpaired) electrons. The molecule has 0 bridgehead atoms. The normalized spacial score (nSPS) is 10.5. The van der Waals surface area contributed by atoms with Crippen LogP contribution in [-0.4, -0.2) is 30.8 Å². The van der Waals surface area contributed by atoms with E-state index in [1.54, 1.807) is 19.2 Å². The molecule has 3 rings (SSSR count). The van der Waals surface area contributed by atoms with Gasteiger partial charge in [-0.15, -0.1) is 0 Å². The van der Waals surface area contributed by atoms with Crippen LogP contribution >= 0.6 is 0 Å². The molecule has 0 atom stereocenters. The molecule has 0 saturated carbocycles. The number of aromatic nitrogens is 4. The second-order valence-electron chi connectivity index (χ2n) is 4.48. The molecule has 0 aliphatic carbocycles. The van der Waals surface area contributed by atoms with Crippen LogP contribution in [0.1, 0.15) is 16.3 Å². The maximum absolute atomic E-state index is 10.9. The van der Waals surface area contributed by atoms with Gasteiger partial charge in [-0.05, 0) is 13.0 Å². The summed E-state index contributed by atoms with van der Waals surface area (Å²) in [6.07, 6.45) is 1.57. The van der Waals surface area contributed by atoms with Crippen LogP contribution in [0.3, 0.4) is 0 Å². The highest BCUT2D eigenvalue weighted by Crippen LogP contribution is 2.18. The average molecular weight is 280 g/mol. The lowest BCUT2D eigenvalue weighted by Gasteiger charge is -2.06. The molecule has 1 N–H and O–H groups in total. The Bertz CT molecular complexity index is 796. The summed E-state index contributed by atoms with van der Waals surface area (Å²) in [5, 5.41) is 12.9. The van der Waals surface area contributed by atoms with E-state index < -0.39 is 5.97 Å². The van der Waals surface area contributed by atoms with Crippen molar-refractivity contribution < 1.29 is 9.90 Å². The van der Waals surface area contributed by atoms with Gasteiger partial charge < -0.3 is 5.11 Å². The SMILES string of the molecule is Cc1nc(-c2ccccc2)cc(-n2ccc(C(=O)O)n2)n1. The molecule has 3 aromatic rings. The number of aryl methyl sites for hydroxylation is 1. The summed E-state index contributed by atoms with van der Waals surface area (Å²) >= 11 is 0. The van der Waals surface area contributed by atoms with Crippen molar-refractivity contribution >= 4 is 5.97 Å². The van der Waals surface area contributed by atoms with E-state index in [1.807, 2.05) is 30.3 Å². The molecular weight excluding hydrogens is 268 g/mol. The van der Waals surface area contributed by atoms with E-state index in [9.17, 15) is 4.79 Å². The first kappa shape index (κ1) is 13.0. The number of carbonyl (C=O) groups is 1. The molecule has 6 nitrogen and oxygen atoms in total. The van der Waals surface area contributed by atoms with Crippen molar-refractivity contribution in [1.82, 2.24) is 19.7 Å². The topological polar surface area (TPSA) is 80.9 Å². The molecule has 0 saturated heterocycles. The molecule has 2 heterocycles. The molecule has 0 aliphatic rings. The lowest BCUT2D eigenvalue weighted by Crippen LogP contribution is -2.05. The fourth-order valence-electron chi connectivity index (χ4n) is 1.99. The quantitative estimate of drug-likeness (QED) is 0.796. The predicted octanol–water partition coefficient (Wildman–Crippen LogP) is 2.34. The van der Waals surface area contributed by atoms with Crippen molar-refractivity contribution in [2.45, 2.75) is 6.92 Å². The predicted molar refractivity (Wildman–Crippen MR) is 76.3 cm³/mol. The summed E-state index contributed by atoms with van der Waals surface area (Å²) in [6.45, 7) is 1.79. The summed E-state index contributed by atoms with van der Waals surface area (Å²) in [7, 11) is 0. The van der Waals surface area contributed by atoms with Gasteiger partial charge in [-0.2, -0.15) is 5.10 Å². The van der Waals surface area contributed by atoms with Gasteiger partial charge in [-0.1, -0.05) is 30.3 Å². The number of hydrogen-bond acceptors (Lipinski definition) is 4. The van der Waals surface area contributed by atoms with Crippen LogP contribution < -0.4 is 0 Å². The van der Waals surface area contributed by atoms with E-state index in [2.05, 4.69) is 15.1 Å². The molecule has 21 heavy (non-hydrogen) atoms. The highest BCUT2D eigenvalue weighted by Gasteiger charge is 2.10. The van der Waals surface area contributed by atoms with Gasteiger partial charge in [-0.3, -0.25) is 0 Å². The monoisotopic (exact) mass is 280 g/mol. The number of benzene rings is 1. The van der Waals surface area contributed by atoms with Crippen molar-refractivity contribution in [2.24, 2.45) is 0 Å². The summed E-state index contributed by atoms with van der Waals surface area (Å²) < 4.78 is 1.44. The fraction of sp³-hybridized carbons (Fsp3) is 0.0667. The Kier molecular flexibility index (Phi) is 3.19. The Labute approximate surface area is 120 Å². The number of carboxylic acid groups (broad SMARTS) is 1. The Balaban J connectivity index is 2.07. The molecule has 0 amide bonds. The lowest BCUT2D eigenvalue weighted by molar-refractivity contribution is 0.0690. The maximum Gasteiger partial charge on any atom is 0.356 e. The number of carboxylic acids is 1. The van der Waals surface area contributed by atoms with Crippen LogP contribution in [0.25, 0.3) is 17.1 Å². The molecule has 1 aromatic carbocycles. The molecule has 6 heteroatoms. The summed E-state index contributed by atoms with van der Waals surface area (Å²) in [6, 6.07) is 12.9. The summed E-state index contributed by atoms with van der Waals surface area (Å²) in [5.74, 6) is 0.0652. The minimum absolute atomic E-state index is 0.0208. The van der Waals surface area contributed by atoms with Crippen LogP contribution in [0.15, 0.2) is 48.7 Å². The van der Waals surface area contributed by atoms with E-state index in [0.29, 0.717) is 11.6 Å². The van der Waals surface area contributed by atoms with E-state index in [4.69, 9.17) is 5.11 Å². The zero-order valence-electron chi connectivity index (χ0n) is 11.3. The molecule has 104 valence electrons. The third-order valence-corrected chi connectivity index (χ3v) is 2.94. The van der Waals surface area contributed by atoms with Gasteiger partial charge in [0.1, 0.15) is 5.82 Å². The first-order chi connectivity index (χ1) is 10.1. The van der Waals surface area contributed by atoms with Crippen molar-refractivity contribution in [3.8, 4) is 17.1 Å². The summed E-state index contributed by atoms with van der Waals surface area (Å²) in [5.41, 5.74) is 1.72. The third kappa shape index (κ3) is 2.64. The standard InChI is InChI=1S/C15H12N4O2/c1-10-16-13(11-5-3-2-4-6-11)9-14(17-10)19-8-7-12(18-19)15(20)21/h2-9H,1H3,(H,20,21). The van der Waals surface area contributed by atoms with Gasteiger partial charge in [0, 0.05) is 17.8 Å². The number of rotatable bonds is 3. The van der Waals surface area contributed by atoms with Gasteiger partial charge in [-0.25, -0.2) is 19.4 Å². The zero-order valence-corrected chi connectivity index (χ0v) is 11.3. The van der Waals surface area contributed by atoms with E-state index in [-0.39, 0.29) is 5.69 Å². The highest BCUT2D eigenvalue weighted by molar-refractivity contribution is 5.85. The van der Waals surface area contributed by atoms with Crippen molar-refractivity contribution in [1.29, 1.82) is 0 Å². The van der Waals surface area contributed by atoms with Crippen LogP contribution in [0.4, 0.5) is 0 Å². The van der Waals surface area contributed by atoms with Gasteiger partial charge in [0.25, 0.3) is 0 Å². The minimum atomic E-state index is -1.07. The Hall–Kier alpha value is -3.02. The van der Waals surface area contributed by atoms with Crippen molar-refractivity contribution in [3.63, 3.8) is 0 Å². The average Bonchev–Trinajstić information content (AvgIpc) is 2.98. The molecule has 0 fully saturated rings. The van der Waals surface area contributed by atoms with Crippen LogP contribution in [0.5, 0.6) is 0 Å². The van der Waals surface area contributed by atoms with E-state index in [1.165, 1.54) is 10.7 Å². The molecular formula is C15H12N4O2. The molecule has 0 aliphatic heterocycles. The van der Waals surface area contributed by atoms with Crippen molar-refractivity contribution in [3.05, 3.63) is 60.2 Å². The van der Waals surface area contributed by atoms with Crippen LogP contribution in [0, 0.1) is 6.92 Å². The summed E-state index contributed by atoms with van der Waals surface area (Å²) in [4.78, 5) is 19.6. The van der Waals surface area contributed by atoms with Gasteiger partial charge >= 0.3 is 5.97 Å². The fourth-order valence-corrected chi connectivity index (χ4v) is 1.99. The Morgan fingerprint density at radius 2 is 1.90 bits per heavy atom. The van der Waals surface area contributed by atoms with Gasteiger partial charge in [0.15, 0.2) is 11.5 Å². The highest BCUT2D eigenvalue weighted by atomic mass is 16.4. The number of nitrogens with zero attached hydrogens (tertiary/aromatic N) is 4. The molecule has 0 unspecified atom stereocenters. The number of hydrogen-bond donors (Lipinski definition) is 1. The van der Waals surface area contributed by atoms with Crippen LogP contribution in [-0.2, 0) is 0 Å². The van der Waals surface area contributed by atoms with Gasteiger partial charge in [0.05, 0.1) is 5.69 Å². The molecule has 2 aromatic heterocycles. The Morgan fingerprint density at radius 1 is 1.14 bits per heavy atom. The third-order valence-electron chi connectivity index (χ3n) is 2.94. The van der Waals surface area contributed by atoms with Gasteiger partial charge in [0.2, 0.25) is 0 Å². The Morgan fingerprint density at radius 3 is 2.57 bits per heavy atom. The molecule has 0 spiro atoms. The lowest BCUT2D eigenvalue weighted by atomic mass is 10.1. The first-order valence-electron chi connectivity index (χ1n) is 6.34. The van der Waals surface area contributed by atoms with E-state index >= 15 is 0 Å². The smallest absolute Gasteiger partial charge is 0.356 e. The van der Waals surface area contributed by atoms with Crippen LogP contribution in [0.2, 0.25) is 0 Å². The first-order valence-corrected chi connectivity index (χ1v) is 6.34. The maximum atomic E-state index is 10.9. The van der Waals surface area contributed by atoms with Crippen molar-refractivity contribution in [2.75, 3.05) is 0 Å². The van der Waals surface area contributed by atoms with E-state index in [0.717, 1.165) is 11.3 Å². The largest absolute Gasteiger partial charge is 0.476 e. The zero-order chi connectivity index (χ0) is 14.8. The minimum Gasteiger partial charge on any atom is -0.476 e.